The van der Waals surface area contributed by atoms with Gasteiger partial charge in [0.25, 0.3) is 0 Å². The summed E-state index contributed by atoms with van der Waals surface area (Å²) in [5, 5.41) is 9.31. The van der Waals surface area contributed by atoms with Crippen molar-refractivity contribution >= 4 is 0 Å². The average molecular weight is 248 g/mol. The number of benzene rings is 1. The van der Waals surface area contributed by atoms with Gasteiger partial charge in [-0.15, -0.1) is 0 Å². The Bertz CT molecular complexity index is 400. The van der Waals surface area contributed by atoms with E-state index in [-0.39, 0.29) is 0 Å². The van der Waals surface area contributed by atoms with Crippen LogP contribution in [0.3, 0.4) is 0 Å². The number of hydrogen-bond donors (Lipinski definition) is 1. The van der Waals surface area contributed by atoms with Gasteiger partial charge in [-0.3, -0.25) is 0 Å². The van der Waals surface area contributed by atoms with Gasteiger partial charge in [0, 0.05) is 6.61 Å². The molecule has 1 aromatic carbocycles. The van der Waals surface area contributed by atoms with Crippen molar-refractivity contribution in [3.05, 3.63) is 29.3 Å². The first-order chi connectivity index (χ1) is 8.65. The largest absolute Gasteiger partial charge is 0.496 e. The summed E-state index contributed by atoms with van der Waals surface area (Å²) in [5.74, 6) is 2.74. The van der Waals surface area contributed by atoms with Gasteiger partial charge in [0.05, 0.1) is 7.11 Å². The van der Waals surface area contributed by atoms with Crippen molar-refractivity contribution < 1.29 is 9.84 Å². The first-order valence-corrected chi connectivity index (χ1v) is 6.91. The fourth-order valence-electron chi connectivity index (χ4n) is 3.19. The van der Waals surface area contributed by atoms with Crippen LogP contribution < -0.4 is 4.74 Å². The summed E-state index contributed by atoms with van der Waals surface area (Å²) in [6, 6.07) is 6.53. The highest BCUT2D eigenvalue weighted by molar-refractivity contribution is 5.37. The summed E-state index contributed by atoms with van der Waals surface area (Å²) < 4.78 is 5.31. The molecule has 0 aliphatic heterocycles. The molecule has 3 unspecified atom stereocenters. The number of methoxy groups -OCH3 is 1. The van der Waals surface area contributed by atoms with Gasteiger partial charge in [-0.25, -0.2) is 0 Å². The number of aliphatic hydroxyl groups is 1. The van der Waals surface area contributed by atoms with E-state index in [1.165, 1.54) is 24.0 Å². The fourth-order valence-corrected chi connectivity index (χ4v) is 3.19. The van der Waals surface area contributed by atoms with E-state index in [1.54, 1.807) is 7.11 Å². The second kappa shape index (κ2) is 5.75. The molecule has 1 N–H and O–H groups in total. The predicted octanol–water partition coefficient (Wildman–Crippen LogP) is 3.52. The minimum atomic E-state index is 0.343. The highest BCUT2D eigenvalue weighted by Crippen LogP contribution is 2.40. The summed E-state index contributed by atoms with van der Waals surface area (Å²) in [7, 11) is 1.72. The van der Waals surface area contributed by atoms with E-state index in [1.807, 2.05) is 0 Å². The summed E-state index contributed by atoms with van der Waals surface area (Å²) >= 11 is 0. The Balaban J connectivity index is 2.11. The normalized spacial score (nSPS) is 28.1. The second-order valence-corrected chi connectivity index (χ2v) is 5.66. The number of aryl methyl sites for hydroxylation is 1. The maximum atomic E-state index is 9.31. The molecule has 0 bridgehead atoms. The molecular weight excluding hydrogens is 224 g/mol. The minimum Gasteiger partial charge on any atom is -0.496 e. The van der Waals surface area contributed by atoms with Crippen LogP contribution in [0.25, 0.3) is 0 Å². The van der Waals surface area contributed by atoms with Crippen LogP contribution in [0, 0.1) is 18.8 Å². The highest BCUT2D eigenvalue weighted by Gasteiger charge is 2.27. The van der Waals surface area contributed by atoms with Crippen LogP contribution in [0.5, 0.6) is 5.75 Å². The van der Waals surface area contributed by atoms with Crippen molar-refractivity contribution in [2.75, 3.05) is 13.7 Å². The number of aliphatic hydroxyl groups excluding tert-OH is 1. The third-order valence-electron chi connectivity index (χ3n) is 4.47. The van der Waals surface area contributed by atoms with Crippen molar-refractivity contribution in [1.82, 2.24) is 0 Å². The molecule has 0 amide bonds. The van der Waals surface area contributed by atoms with Crippen molar-refractivity contribution in [1.29, 1.82) is 0 Å². The number of rotatable bonds is 3. The zero-order chi connectivity index (χ0) is 13.1. The Morgan fingerprint density at radius 2 is 2.11 bits per heavy atom. The van der Waals surface area contributed by atoms with Crippen molar-refractivity contribution in [2.24, 2.45) is 11.8 Å². The first-order valence-electron chi connectivity index (χ1n) is 6.91. The van der Waals surface area contributed by atoms with Crippen molar-refractivity contribution in [2.45, 2.75) is 39.0 Å². The summed E-state index contributed by atoms with van der Waals surface area (Å²) in [4.78, 5) is 0. The van der Waals surface area contributed by atoms with E-state index in [2.05, 4.69) is 32.0 Å². The van der Waals surface area contributed by atoms with Gasteiger partial charge in [0.1, 0.15) is 5.75 Å². The van der Waals surface area contributed by atoms with E-state index in [9.17, 15) is 5.11 Å². The summed E-state index contributed by atoms with van der Waals surface area (Å²) in [6.45, 7) is 4.71. The van der Waals surface area contributed by atoms with Gasteiger partial charge in [-0.05, 0) is 61.1 Å². The quantitative estimate of drug-likeness (QED) is 0.887. The van der Waals surface area contributed by atoms with Crippen molar-refractivity contribution in [3.63, 3.8) is 0 Å². The monoisotopic (exact) mass is 248 g/mol. The smallest absolute Gasteiger partial charge is 0.121 e. The van der Waals surface area contributed by atoms with Crippen LogP contribution in [0.4, 0.5) is 0 Å². The Kier molecular flexibility index (Phi) is 4.28. The van der Waals surface area contributed by atoms with E-state index in [0.29, 0.717) is 24.4 Å². The lowest BCUT2D eigenvalue weighted by Crippen LogP contribution is -2.24. The first kappa shape index (κ1) is 13.4. The van der Waals surface area contributed by atoms with E-state index >= 15 is 0 Å². The summed E-state index contributed by atoms with van der Waals surface area (Å²) in [6.07, 6.45) is 3.53. The van der Waals surface area contributed by atoms with Crippen LogP contribution in [-0.4, -0.2) is 18.8 Å². The van der Waals surface area contributed by atoms with Gasteiger partial charge >= 0.3 is 0 Å². The molecule has 1 fully saturated rings. The zero-order valence-electron chi connectivity index (χ0n) is 11.6. The molecule has 100 valence electrons. The lowest BCUT2D eigenvalue weighted by atomic mass is 9.73. The molecule has 2 heteroatoms. The molecule has 1 aromatic rings. The molecular formula is C16H24O2. The fraction of sp³-hybridized carbons (Fsp3) is 0.625. The van der Waals surface area contributed by atoms with Gasteiger partial charge in [0.2, 0.25) is 0 Å². The molecule has 1 saturated carbocycles. The van der Waals surface area contributed by atoms with Gasteiger partial charge in [0.15, 0.2) is 0 Å². The third kappa shape index (κ3) is 2.69. The maximum Gasteiger partial charge on any atom is 0.121 e. The molecule has 0 aromatic heterocycles. The lowest BCUT2D eigenvalue weighted by Gasteiger charge is -2.33. The Morgan fingerprint density at radius 1 is 1.33 bits per heavy atom. The molecule has 0 spiro atoms. The number of hydrogen-bond acceptors (Lipinski definition) is 2. The van der Waals surface area contributed by atoms with Crippen molar-refractivity contribution in [3.8, 4) is 5.75 Å². The van der Waals surface area contributed by atoms with Gasteiger partial charge in [-0.1, -0.05) is 19.1 Å². The molecule has 1 aliphatic rings. The van der Waals surface area contributed by atoms with Crippen LogP contribution in [0.1, 0.15) is 43.2 Å². The van der Waals surface area contributed by atoms with E-state index < -0.39 is 0 Å². The molecule has 0 saturated heterocycles. The average Bonchev–Trinajstić information content (AvgIpc) is 2.38. The molecule has 0 radical (unpaired) electrons. The van der Waals surface area contributed by atoms with Crippen LogP contribution in [-0.2, 0) is 0 Å². The predicted molar refractivity (Wildman–Crippen MR) is 74.1 cm³/mol. The molecule has 18 heavy (non-hydrogen) atoms. The molecule has 0 heterocycles. The summed E-state index contributed by atoms with van der Waals surface area (Å²) in [5.41, 5.74) is 2.64. The Morgan fingerprint density at radius 3 is 2.67 bits per heavy atom. The van der Waals surface area contributed by atoms with Gasteiger partial charge < -0.3 is 9.84 Å². The SMILES string of the molecule is COc1ccc(C2CCC(CO)C(C)C2)cc1C. The maximum absolute atomic E-state index is 9.31. The minimum absolute atomic E-state index is 0.343. The molecule has 3 atom stereocenters. The highest BCUT2D eigenvalue weighted by atomic mass is 16.5. The third-order valence-corrected chi connectivity index (χ3v) is 4.47. The Labute approximate surface area is 110 Å². The van der Waals surface area contributed by atoms with Crippen LogP contribution in [0.2, 0.25) is 0 Å². The van der Waals surface area contributed by atoms with Crippen LogP contribution in [0.15, 0.2) is 18.2 Å². The molecule has 1 aliphatic carbocycles. The van der Waals surface area contributed by atoms with Crippen LogP contribution >= 0.6 is 0 Å². The van der Waals surface area contributed by atoms with E-state index in [4.69, 9.17) is 4.74 Å². The molecule has 2 nitrogen and oxygen atoms in total. The molecule has 2 rings (SSSR count). The van der Waals surface area contributed by atoms with Gasteiger partial charge in [-0.2, -0.15) is 0 Å². The zero-order valence-corrected chi connectivity index (χ0v) is 11.6. The standard InChI is InChI=1S/C16H24O2/c1-11-8-13(4-5-15(11)10-17)14-6-7-16(18-3)12(2)9-14/h6-7,9,11,13,15,17H,4-5,8,10H2,1-3H3. The van der Waals surface area contributed by atoms with E-state index in [0.717, 1.165) is 12.2 Å². The Hall–Kier alpha value is -1.02. The second-order valence-electron chi connectivity index (χ2n) is 5.66. The lowest BCUT2D eigenvalue weighted by molar-refractivity contribution is 0.135. The number of ether oxygens (including phenoxy) is 1. The topological polar surface area (TPSA) is 29.5 Å².